The van der Waals surface area contributed by atoms with Crippen LogP contribution in [0.15, 0.2) is 36.5 Å². The Bertz CT molecular complexity index is 1120. The van der Waals surface area contributed by atoms with Crippen molar-refractivity contribution in [3.05, 3.63) is 52.5 Å². The van der Waals surface area contributed by atoms with Crippen LogP contribution < -0.4 is 0 Å². The maximum atomic E-state index is 13.6. The molecule has 1 amide bonds. The molecule has 10 heteroatoms. The molecule has 0 spiro atoms. The molecule has 2 aromatic heterocycles. The summed E-state index contributed by atoms with van der Waals surface area (Å²) >= 11 is 4.36. The molecule has 31 heavy (non-hydrogen) atoms. The van der Waals surface area contributed by atoms with Gasteiger partial charge in [-0.1, -0.05) is 15.9 Å². The third-order valence-corrected chi connectivity index (χ3v) is 7.35. The van der Waals surface area contributed by atoms with E-state index in [0.717, 1.165) is 22.3 Å². The van der Waals surface area contributed by atoms with Crippen molar-refractivity contribution < 1.29 is 26.7 Å². The van der Waals surface area contributed by atoms with Crippen LogP contribution in [-0.4, -0.2) is 34.8 Å². The number of amides is 1. The second-order valence-corrected chi connectivity index (χ2v) is 9.06. The summed E-state index contributed by atoms with van der Waals surface area (Å²) in [5.41, 5.74) is 0.0627. The molecule has 1 aliphatic rings. The van der Waals surface area contributed by atoms with Gasteiger partial charge in [-0.3, -0.25) is 9.78 Å². The number of alkyl halides is 6. The molecule has 0 radical (unpaired) electrons. The Morgan fingerprint density at radius 3 is 2.45 bits per heavy atom. The van der Waals surface area contributed by atoms with E-state index in [-0.39, 0.29) is 41.8 Å². The topological polar surface area (TPSA) is 33.2 Å². The van der Waals surface area contributed by atoms with Gasteiger partial charge >= 0.3 is 6.18 Å². The maximum Gasteiger partial charge on any atom is 0.417 e. The lowest BCUT2D eigenvalue weighted by atomic mass is 10.0. The van der Waals surface area contributed by atoms with Gasteiger partial charge in [0.25, 0.3) is 11.8 Å². The van der Waals surface area contributed by atoms with Crippen molar-refractivity contribution in [2.24, 2.45) is 0 Å². The molecule has 0 saturated carbocycles. The van der Waals surface area contributed by atoms with Gasteiger partial charge in [0.15, 0.2) is 0 Å². The van der Waals surface area contributed by atoms with Gasteiger partial charge in [0.1, 0.15) is 0 Å². The molecule has 3 heterocycles. The van der Waals surface area contributed by atoms with E-state index in [2.05, 4.69) is 20.9 Å². The van der Waals surface area contributed by atoms with E-state index in [1.165, 1.54) is 23.2 Å². The summed E-state index contributed by atoms with van der Waals surface area (Å²) in [5.74, 6) is -3.18. The van der Waals surface area contributed by atoms with E-state index < -0.39 is 23.6 Å². The lowest BCUT2D eigenvalue weighted by Crippen LogP contribution is -2.42. The molecule has 0 atom stereocenters. The quantitative estimate of drug-likeness (QED) is 0.284. The van der Waals surface area contributed by atoms with E-state index in [1.54, 1.807) is 12.1 Å². The highest BCUT2D eigenvalue weighted by molar-refractivity contribution is 9.08. The summed E-state index contributed by atoms with van der Waals surface area (Å²) in [6, 6.07) is 7.35. The number of hydrogen-bond donors (Lipinski definition) is 0. The summed E-state index contributed by atoms with van der Waals surface area (Å²) in [4.78, 5) is 18.8. The third kappa shape index (κ3) is 4.59. The SMILES string of the molecule is O=C(c1ccc(-c2cc(C(F)(F)F)c3sc(CBr)cc3c2)nc1)N1CCC(F)(F)CC1. The second kappa shape index (κ2) is 8.12. The number of aromatic nitrogens is 1. The van der Waals surface area contributed by atoms with Gasteiger partial charge in [0, 0.05) is 52.6 Å². The largest absolute Gasteiger partial charge is 0.417 e. The summed E-state index contributed by atoms with van der Waals surface area (Å²) in [6.45, 7) is -0.0967. The van der Waals surface area contributed by atoms with Crippen LogP contribution in [0.2, 0.25) is 0 Å². The summed E-state index contributed by atoms with van der Waals surface area (Å²) < 4.78 is 67.7. The molecule has 3 aromatic rings. The van der Waals surface area contributed by atoms with Crippen molar-refractivity contribution in [3.8, 4) is 11.3 Å². The number of halogens is 6. The van der Waals surface area contributed by atoms with Gasteiger partial charge < -0.3 is 4.90 Å². The number of hydrogen-bond acceptors (Lipinski definition) is 3. The van der Waals surface area contributed by atoms with Crippen LogP contribution in [-0.2, 0) is 11.5 Å². The molecule has 164 valence electrons. The molecule has 0 bridgehead atoms. The van der Waals surface area contributed by atoms with Crippen molar-refractivity contribution in [1.82, 2.24) is 9.88 Å². The minimum Gasteiger partial charge on any atom is -0.338 e. The van der Waals surface area contributed by atoms with Crippen LogP contribution in [0.3, 0.4) is 0 Å². The first-order chi connectivity index (χ1) is 14.6. The zero-order valence-electron chi connectivity index (χ0n) is 16.0. The van der Waals surface area contributed by atoms with Crippen molar-refractivity contribution in [1.29, 1.82) is 0 Å². The standard InChI is InChI=1S/C21H16BrF5N2OS/c22-10-15-8-14-7-13(9-16(18(14)31-15)21(25,26)27)17-2-1-12(11-28-17)19(30)29-5-3-20(23,24)4-6-29/h1-2,7-9,11H,3-6,10H2. The Kier molecular flexibility index (Phi) is 5.80. The molecule has 0 aliphatic carbocycles. The third-order valence-electron chi connectivity index (χ3n) is 5.19. The zero-order valence-corrected chi connectivity index (χ0v) is 18.4. The Balaban J connectivity index is 1.64. The summed E-state index contributed by atoms with van der Waals surface area (Å²) in [7, 11) is 0. The van der Waals surface area contributed by atoms with Crippen LogP contribution in [0.4, 0.5) is 22.0 Å². The molecular weight excluding hydrogens is 503 g/mol. The van der Waals surface area contributed by atoms with E-state index >= 15 is 0 Å². The molecule has 1 fully saturated rings. The molecule has 0 unspecified atom stereocenters. The number of likely N-dealkylation sites (tertiary alicyclic amines) is 1. The summed E-state index contributed by atoms with van der Waals surface area (Å²) in [6.07, 6.45) is -4.02. The summed E-state index contributed by atoms with van der Waals surface area (Å²) in [5, 5.41) is 0.927. The van der Waals surface area contributed by atoms with Gasteiger partial charge in [0.05, 0.1) is 16.8 Å². The van der Waals surface area contributed by atoms with E-state index in [1.807, 2.05) is 0 Å². The van der Waals surface area contributed by atoms with Gasteiger partial charge in [0.2, 0.25) is 0 Å². The fraction of sp³-hybridized carbons (Fsp3) is 0.333. The molecule has 4 rings (SSSR count). The van der Waals surface area contributed by atoms with Gasteiger partial charge in [-0.2, -0.15) is 13.2 Å². The van der Waals surface area contributed by atoms with E-state index in [0.29, 0.717) is 16.4 Å². The first kappa shape index (κ1) is 22.1. The molecule has 1 aliphatic heterocycles. The molecule has 3 nitrogen and oxygen atoms in total. The van der Waals surface area contributed by atoms with Gasteiger partial charge in [-0.05, 0) is 35.7 Å². The number of pyridine rings is 1. The minimum absolute atomic E-state index is 0.0484. The number of benzene rings is 1. The van der Waals surface area contributed by atoms with Crippen molar-refractivity contribution in [2.75, 3.05) is 13.1 Å². The average Bonchev–Trinajstić information content (AvgIpc) is 3.15. The number of thiophene rings is 1. The molecule has 1 saturated heterocycles. The normalized spacial score (nSPS) is 16.6. The van der Waals surface area contributed by atoms with Crippen molar-refractivity contribution >= 4 is 43.3 Å². The molecule has 0 N–H and O–H groups in total. The highest BCUT2D eigenvalue weighted by Crippen LogP contribution is 2.41. The van der Waals surface area contributed by atoms with E-state index in [4.69, 9.17) is 0 Å². The Morgan fingerprint density at radius 2 is 1.87 bits per heavy atom. The first-order valence-electron chi connectivity index (χ1n) is 9.40. The highest BCUT2D eigenvalue weighted by Gasteiger charge is 2.36. The Morgan fingerprint density at radius 1 is 1.16 bits per heavy atom. The van der Waals surface area contributed by atoms with Crippen molar-refractivity contribution in [3.63, 3.8) is 0 Å². The van der Waals surface area contributed by atoms with Crippen LogP contribution in [0.1, 0.15) is 33.6 Å². The number of carbonyl (C=O) groups is 1. The van der Waals surface area contributed by atoms with Crippen LogP contribution in [0.25, 0.3) is 21.3 Å². The second-order valence-electron chi connectivity index (χ2n) is 7.37. The molecule has 1 aromatic carbocycles. The molecular formula is C21H16BrF5N2OS. The van der Waals surface area contributed by atoms with Gasteiger partial charge in [-0.25, -0.2) is 8.78 Å². The minimum atomic E-state index is -4.52. The number of carbonyl (C=O) groups excluding carboxylic acids is 1. The number of fused-ring (bicyclic) bond motifs is 1. The predicted octanol–water partition coefficient (Wildman–Crippen LogP) is 6.75. The monoisotopic (exact) mass is 518 g/mol. The van der Waals surface area contributed by atoms with E-state index in [9.17, 15) is 26.7 Å². The van der Waals surface area contributed by atoms with Crippen molar-refractivity contribution in [2.45, 2.75) is 30.3 Å². The fourth-order valence-electron chi connectivity index (χ4n) is 3.54. The smallest absolute Gasteiger partial charge is 0.338 e. The van der Waals surface area contributed by atoms with Gasteiger partial charge in [-0.15, -0.1) is 11.3 Å². The number of nitrogens with zero attached hydrogens (tertiary/aromatic N) is 2. The maximum absolute atomic E-state index is 13.6. The van der Waals surface area contributed by atoms with Crippen LogP contribution in [0.5, 0.6) is 0 Å². The zero-order chi connectivity index (χ0) is 22.4. The Hall–Kier alpha value is -2.07. The average molecular weight is 519 g/mol. The fourth-order valence-corrected chi connectivity index (χ4v) is 5.07. The number of piperidine rings is 1. The van der Waals surface area contributed by atoms with Crippen LogP contribution in [0, 0.1) is 0 Å². The van der Waals surface area contributed by atoms with Crippen LogP contribution >= 0.6 is 27.3 Å². The first-order valence-corrected chi connectivity index (χ1v) is 11.3. The highest BCUT2D eigenvalue weighted by atomic mass is 79.9. The predicted molar refractivity (Wildman–Crippen MR) is 113 cm³/mol. The lowest BCUT2D eigenvalue weighted by molar-refractivity contribution is -0.136. The number of rotatable bonds is 3. The Labute approximate surface area is 187 Å². The lowest BCUT2D eigenvalue weighted by Gasteiger charge is -2.31.